The first kappa shape index (κ1) is 15.0. The summed E-state index contributed by atoms with van der Waals surface area (Å²) in [6.07, 6.45) is 0.546. The fourth-order valence-corrected chi connectivity index (χ4v) is 2.19. The number of aliphatic carboxylic acids is 1. The lowest BCUT2D eigenvalue weighted by atomic mass is 10.3. The molecule has 98 valence electrons. The largest absolute Gasteiger partial charge is 0.481 e. The molecule has 1 amide bonds. The number of hydrogen-bond donors (Lipinski definition) is 2. The number of carbonyl (C=O) groups excluding carboxylic acids is 1. The van der Waals surface area contributed by atoms with Crippen molar-refractivity contribution >= 4 is 39.6 Å². The summed E-state index contributed by atoms with van der Waals surface area (Å²) in [5, 5.41) is 11.1. The maximum Gasteiger partial charge on any atom is 0.303 e. The van der Waals surface area contributed by atoms with Crippen molar-refractivity contribution in [2.24, 2.45) is 0 Å². The third-order valence-corrected chi connectivity index (χ3v) is 3.61. The quantitative estimate of drug-likeness (QED) is 0.595. The van der Waals surface area contributed by atoms with Crippen LogP contribution in [0.5, 0.6) is 0 Å². The third kappa shape index (κ3) is 6.66. The summed E-state index contributed by atoms with van der Waals surface area (Å²) in [5.41, 5.74) is 0. The minimum atomic E-state index is -0.839. The number of halogens is 1. The second-order valence-electron chi connectivity index (χ2n) is 3.59. The lowest BCUT2D eigenvalue weighted by Crippen LogP contribution is -2.26. The van der Waals surface area contributed by atoms with Crippen LogP contribution in [0.3, 0.4) is 0 Å². The Morgan fingerprint density at radius 3 is 2.56 bits per heavy atom. The van der Waals surface area contributed by atoms with Crippen LogP contribution in [0.4, 0.5) is 0 Å². The van der Waals surface area contributed by atoms with E-state index in [1.54, 1.807) is 0 Å². The van der Waals surface area contributed by atoms with Crippen LogP contribution >= 0.6 is 27.7 Å². The number of rotatable bonds is 7. The number of carbonyl (C=O) groups is 2. The highest BCUT2D eigenvalue weighted by molar-refractivity contribution is 9.10. The van der Waals surface area contributed by atoms with Gasteiger partial charge in [-0.05, 0) is 30.7 Å². The molecule has 0 saturated carbocycles. The average Bonchev–Trinajstić information content (AvgIpc) is 2.34. The molecule has 0 aliphatic rings. The molecular weight excluding hydrogens is 318 g/mol. The highest BCUT2D eigenvalue weighted by Gasteiger charge is 2.03. The molecule has 0 saturated heterocycles. The molecule has 1 aromatic rings. The number of thioether (sulfide) groups is 1. The number of benzene rings is 1. The molecule has 0 aromatic heterocycles. The van der Waals surface area contributed by atoms with E-state index in [1.165, 1.54) is 11.8 Å². The summed E-state index contributed by atoms with van der Waals surface area (Å²) in [6, 6.07) is 7.72. The lowest BCUT2D eigenvalue weighted by Gasteiger charge is -2.04. The Morgan fingerprint density at radius 2 is 1.94 bits per heavy atom. The Kier molecular flexibility index (Phi) is 6.82. The molecule has 0 bridgehead atoms. The van der Waals surface area contributed by atoms with Crippen LogP contribution < -0.4 is 5.32 Å². The molecule has 0 unspecified atom stereocenters. The van der Waals surface area contributed by atoms with Crippen molar-refractivity contribution in [1.82, 2.24) is 5.32 Å². The van der Waals surface area contributed by atoms with Crippen molar-refractivity contribution in [2.45, 2.75) is 17.7 Å². The molecule has 0 aliphatic carbocycles. The topological polar surface area (TPSA) is 66.4 Å². The molecule has 6 heteroatoms. The van der Waals surface area contributed by atoms with E-state index in [2.05, 4.69) is 21.2 Å². The molecular formula is C12H14BrNO3S. The summed E-state index contributed by atoms with van der Waals surface area (Å²) in [4.78, 5) is 22.7. The van der Waals surface area contributed by atoms with Crippen molar-refractivity contribution < 1.29 is 14.7 Å². The summed E-state index contributed by atoms with van der Waals surface area (Å²) in [5.74, 6) is -0.573. The van der Waals surface area contributed by atoms with Gasteiger partial charge >= 0.3 is 5.97 Å². The lowest BCUT2D eigenvalue weighted by molar-refractivity contribution is -0.137. The minimum Gasteiger partial charge on any atom is -0.481 e. The maximum absolute atomic E-state index is 11.4. The Hall–Kier alpha value is -1.01. The Morgan fingerprint density at radius 1 is 1.28 bits per heavy atom. The van der Waals surface area contributed by atoms with Crippen molar-refractivity contribution in [3.8, 4) is 0 Å². The number of amides is 1. The number of nitrogens with one attached hydrogen (secondary N) is 1. The monoisotopic (exact) mass is 331 g/mol. The molecule has 1 aromatic carbocycles. The first-order valence-electron chi connectivity index (χ1n) is 5.45. The molecule has 1 rings (SSSR count). The smallest absolute Gasteiger partial charge is 0.303 e. The van der Waals surface area contributed by atoms with Crippen molar-refractivity contribution in [1.29, 1.82) is 0 Å². The zero-order chi connectivity index (χ0) is 13.4. The van der Waals surface area contributed by atoms with Crippen molar-refractivity contribution in [3.05, 3.63) is 28.7 Å². The van der Waals surface area contributed by atoms with Crippen LogP contribution in [-0.2, 0) is 9.59 Å². The van der Waals surface area contributed by atoms with E-state index >= 15 is 0 Å². The molecule has 0 aliphatic heterocycles. The van der Waals surface area contributed by atoms with Crippen LogP contribution in [0.2, 0.25) is 0 Å². The standard InChI is InChI=1S/C12H14BrNO3S/c13-9-3-5-10(6-4-9)18-8-11(15)14-7-1-2-12(16)17/h3-6H,1-2,7-8H2,(H,14,15)(H,16,17). The van der Waals surface area contributed by atoms with Gasteiger partial charge in [0.2, 0.25) is 5.91 Å². The van der Waals surface area contributed by atoms with Gasteiger partial charge in [0.15, 0.2) is 0 Å². The number of carboxylic acids is 1. The summed E-state index contributed by atoms with van der Waals surface area (Å²) in [6.45, 7) is 0.409. The zero-order valence-electron chi connectivity index (χ0n) is 9.69. The van der Waals surface area contributed by atoms with E-state index < -0.39 is 5.97 Å². The van der Waals surface area contributed by atoms with Gasteiger partial charge in [-0.15, -0.1) is 11.8 Å². The maximum atomic E-state index is 11.4. The summed E-state index contributed by atoms with van der Waals surface area (Å²) in [7, 11) is 0. The molecule has 0 atom stereocenters. The Balaban J connectivity index is 2.17. The SMILES string of the molecule is O=C(O)CCCNC(=O)CSc1ccc(Br)cc1. The molecule has 0 fully saturated rings. The van der Waals surface area contributed by atoms with Crippen LogP contribution in [0.1, 0.15) is 12.8 Å². The van der Waals surface area contributed by atoms with Crippen molar-refractivity contribution in [2.75, 3.05) is 12.3 Å². The summed E-state index contributed by atoms with van der Waals surface area (Å²) < 4.78 is 1.00. The number of carboxylic acid groups (broad SMARTS) is 1. The highest BCUT2D eigenvalue weighted by atomic mass is 79.9. The van der Waals surface area contributed by atoms with Gasteiger partial charge in [0.05, 0.1) is 5.75 Å². The van der Waals surface area contributed by atoms with E-state index in [0.29, 0.717) is 18.7 Å². The molecule has 0 radical (unpaired) electrons. The van der Waals surface area contributed by atoms with Crippen LogP contribution in [-0.4, -0.2) is 29.3 Å². The van der Waals surface area contributed by atoms with E-state index in [4.69, 9.17) is 5.11 Å². The fourth-order valence-electron chi connectivity index (χ4n) is 1.20. The molecule has 0 spiro atoms. The van der Waals surface area contributed by atoms with Gasteiger partial charge in [0, 0.05) is 22.3 Å². The molecule has 0 heterocycles. The third-order valence-electron chi connectivity index (χ3n) is 2.07. The van der Waals surface area contributed by atoms with Gasteiger partial charge in [-0.3, -0.25) is 9.59 Å². The molecule has 4 nitrogen and oxygen atoms in total. The first-order valence-corrected chi connectivity index (χ1v) is 7.22. The average molecular weight is 332 g/mol. The normalized spacial score (nSPS) is 10.1. The van der Waals surface area contributed by atoms with Gasteiger partial charge < -0.3 is 10.4 Å². The predicted octanol–water partition coefficient (Wildman–Crippen LogP) is 2.52. The van der Waals surface area contributed by atoms with E-state index in [-0.39, 0.29) is 12.3 Å². The van der Waals surface area contributed by atoms with Gasteiger partial charge in [-0.2, -0.15) is 0 Å². The second-order valence-corrected chi connectivity index (χ2v) is 5.55. The van der Waals surface area contributed by atoms with Gasteiger partial charge in [-0.1, -0.05) is 15.9 Å². The highest BCUT2D eigenvalue weighted by Crippen LogP contribution is 2.20. The predicted molar refractivity (Wildman–Crippen MR) is 74.7 cm³/mol. The fraction of sp³-hybridized carbons (Fsp3) is 0.333. The first-order chi connectivity index (χ1) is 8.58. The van der Waals surface area contributed by atoms with Crippen LogP contribution in [0, 0.1) is 0 Å². The van der Waals surface area contributed by atoms with Crippen LogP contribution in [0.25, 0.3) is 0 Å². The van der Waals surface area contributed by atoms with Gasteiger partial charge in [0.1, 0.15) is 0 Å². The second kappa shape index (κ2) is 8.16. The molecule has 18 heavy (non-hydrogen) atoms. The van der Waals surface area contributed by atoms with Crippen LogP contribution in [0.15, 0.2) is 33.6 Å². The Bertz CT molecular complexity index is 408. The zero-order valence-corrected chi connectivity index (χ0v) is 12.1. The van der Waals surface area contributed by atoms with E-state index in [1.807, 2.05) is 24.3 Å². The van der Waals surface area contributed by atoms with Gasteiger partial charge in [0.25, 0.3) is 0 Å². The van der Waals surface area contributed by atoms with E-state index in [9.17, 15) is 9.59 Å². The number of hydrogen-bond acceptors (Lipinski definition) is 3. The van der Waals surface area contributed by atoms with Gasteiger partial charge in [-0.25, -0.2) is 0 Å². The summed E-state index contributed by atoms with van der Waals surface area (Å²) >= 11 is 4.80. The Labute approximate surface area is 118 Å². The van der Waals surface area contributed by atoms with E-state index in [0.717, 1.165) is 9.37 Å². The minimum absolute atomic E-state index is 0.0756. The molecule has 2 N–H and O–H groups in total. The van der Waals surface area contributed by atoms with Crippen molar-refractivity contribution in [3.63, 3.8) is 0 Å².